The second-order valence-electron chi connectivity index (χ2n) is 2.18. The number of rotatable bonds is 1. The first-order chi connectivity index (χ1) is 4.34. The minimum atomic E-state index is -0.186. The van der Waals surface area contributed by atoms with Crippen LogP contribution in [-0.2, 0) is 0 Å². The molecule has 1 aliphatic heterocycles. The van der Waals surface area contributed by atoms with Crippen molar-refractivity contribution < 1.29 is 5.11 Å². The molecule has 0 aromatic rings. The summed E-state index contributed by atoms with van der Waals surface area (Å²) in [5.74, 6) is 2.05. The van der Waals surface area contributed by atoms with E-state index in [9.17, 15) is 5.11 Å². The summed E-state index contributed by atoms with van der Waals surface area (Å²) in [6.07, 6.45) is -0.186. The Balaban J connectivity index is 2.30. The van der Waals surface area contributed by atoms with E-state index in [1.807, 2.05) is 11.8 Å². The molecule has 1 atom stereocenters. The lowest BCUT2D eigenvalue weighted by molar-refractivity contribution is 0.0272. The van der Waals surface area contributed by atoms with Crippen LogP contribution < -0.4 is 0 Å². The van der Waals surface area contributed by atoms with E-state index >= 15 is 0 Å². The molecule has 54 valence electrons. The van der Waals surface area contributed by atoms with E-state index in [-0.39, 0.29) is 6.23 Å². The lowest BCUT2D eigenvalue weighted by Crippen LogP contribution is -2.41. The Labute approximate surface area is 60.2 Å². The highest BCUT2D eigenvalue weighted by molar-refractivity contribution is 7.99. The van der Waals surface area contributed by atoms with Crippen LogP contribution in [0.1, 0.15) is 6.92 Å². The molecule has 0 amide bonds. The second-order valence-corrected chi connectivity index (χ2v) is 3.33. The van der Waals surface area contributed by atoms with E-state index in [4.69, 9.17) is 0 Å². The molecule has 0 bridgehead atoms. The SMILES string of the molecule is CCN1CCSCC1O. The summed E-state index contributed by atoms with van der Waals surface area (Å²) in [7, 11) is 0. The highest BCUT2D eigenvalue weighted by Gasteiger charge is 2.17. The van der Waals surface area contributed by atoms with Crippen LogP contribution in [0.2, 0.25) is 0 Å². The van der Waals surface area contributed by atoms with Crippen molar-refractivity contribution in [1.29, 1.82) is 0 Å². The summed E-state index contributed by atoms with van der Waals surface area (Å²) >= 11 is 1.83. The monoisotopic (exact) mass is 147 g/mol. The van der Waals surface area contributed by atoms with E-state index in [2.05, 4.69) is 11.8 Å². The molecule has 0 aliphatic carbocycles. The molecule has 0 radical (unpaired) electrons. The van der Waals surface area contributed by atoms with Crippen molar-refractivity contribution >= 4 is 11.8 Å². The van der Waals surface area contributed by atoms with Gasteiger partial charge < -0.3 is 5.11 Å². The van der Waals surface area contributed by atoms with Crippen LogP contribution in [-0.4, -0.2) is 40.8 Å². The van der Waals surface area contributed by atoms with Crippen molar-refractivity contribution in [2.45, 2.75) is 13.2 Å². The predicted octanol–water partition coefficient (Wildman–Crippen LogP) is 0.373. The van der Waals surface area contributed by atoms with Gasteiger partial charge in [0.2, 0.25) is 0 Å². The summed E-state index contributed by atoms with van der Waals surface area (Å²) in [5.41, 5.74) is 0. The van der Waals surface area contributed by atoms with E-state index in [0.717, 1.165) is 18.8 Å². The lowest BCUT2D eigenvalue weighted by atomic mass is 10.4. The Morgan fingerprint density at radius 1 is 1.78 bits per heavy atom. The molecular formula is C6H13NOS. The zero-order valence-electron chi connectivity index (χ0n) is 5.71. The first kappa shape index (κ1) is 7.38. The standard InChI is InChI=1S/C6H13NOS/c1-2-7-3-4-9-5-6(7)8/h6,8H,2-5H2,1H3. The molecular weight excluding hydrogens is 134 g/mol. The predicted molar refractivity (Wildman–Crippen MR) is 40.6 cm³/mol. The number of nitrogens with zero attached hydrogens (tertiary/aromatic N) is 1. The third-order valence-corrected chi connectivity index (χ3v) is 2.62. The van der Waals surface area contributed by atoms with Crippen LogP contribution in [0, 0.1) is 0 Å². The maximum atomic E-state index is 9.27. The smallest absolute Gasteiger partial charge is 0.116 e. The van der Waals surface area contributed by atoms with E-state index < -0.39 is 0 Å². The fourth-order valence-electron chi connectivity index (χ4n) is 0.994. The molecule has 0 aromatic heterocycles. The number of aliphatic hydroxyl groups excluding tert-OH is 1. The Morgan fingerprint density at radius 3 is 3.00 bits per heavy atom. The molecule has 2 nitrogen and oxygen atoms in total. The molecule has 1 heterocycles. The van der Waals surface area contributed by atoms with Crippen molar-refractivity contribution in [2.24, 2.45) is 0 Å². The highest BCUT2D eigenvalue weighted by atomic mass is 32.2. The number of aliphatic hydroxyl groups is 1. The fraction of sp³-hybridized carbons (Fsp3) is 1.00. The minimum Gasteiger partial charge on any atom is -0.378 e. The zero-order chi connectivity index (χ0) is 6.69. The topological polar surface area (TPSA) is 23.5 Å². The van der Waals surface area contributed by atoms with Gasteiger partial charge in [-0.3, -0.25) is 4.90 Å². The van der Waals surface area contributed by atoms with Gasteiger partial charge in [0.1, 0.15) is 6.23 Å². The molecule has 0 saturated carbocycles. The Morgan fingerprint density at radius 2 is 2.56 bits per heavy atom. The van der Waals surface area contributed by atoms with Crippen molar-refractivity contribution in [1.82, 2.24) is 4.90 Å². The summed E-state index contributed by atoms with van der Waals surface area (Å²) in [5, 5.41) is 9.27. The van der Waals surface area contributed by atoms with Crippen LogP contribution in [0.4, 0.5) is 0 Å². The second kappa shape index (κ2) is 3.44. The Kier molecular flexibility index (Phi) is 2.82. The highest BCUT2D eigenvalue weighted by Crippen LogP contribution is 2.13. The molecule has 1 fully saturated rings. The van der Waals surface area contributed by atoms with Gasteiger partial charge in [-0.2, -0.15) is 11.8 Å². The number of thioether (sulfide) groups is 1. The van der Waals surface area contributed by atoms with Gasteiger partial charge in [-0.25, -0.2) is 0 Å². The minimum absolute atomic E-state index is 0.186. The summed E-state index contributed by atoms with van der Waals surface area (Å²) in [4.78, 5) is 2.09. The summed E-state index contributed by atoms with van der Waals surface area (Å²) in [6.45, 7) is 4.10. The molecule has 1 unspecified atom stereocenters. The lowest BCUT2D eigenvalue weighted by Gasteiger charge is -2.30. The first-order valence-corrected chi connectivity index (χ1v) is 4.50. The summed E-state index contributed by atoms with van der Waals surface area (Å²) in [6, 6.07) is 0. The van der Waals surface area contributed by atoms with Gasteiger partial charge in [0.05, 0.1) is 0 Å². The maximum absolute atomic E-state index is 9.27. The van der Waals surface area contributed by atoms with Gasteiger partial charge in [0.15, 0.2) is 0 Å². The number of hydrogen-bond acceptors (Lipinski definition) is 3. The normalized spacial score (nSPS) is 30.7. The Bertz CT molecular complexity index is 89.1. The van der Waals surface area contributed by atoms with Crippen LogP contribution in [0.5, 0.6) is 0 Å². The van der Waals surface area contributed by atoms with Gasteiger partial charge in [-0.15, -0.1) is 0 Å². The molecule has 0 aromatic carbocycles. The molecule has 1 N–H and O–H groups in total. The largest absolute Gasteiger partial charge is 0.378 e. The number of hydrogen-bond donors (Lipinski definition) is 1. The molecule has 9 heavy (non-hydrogen) atoms. The Hall–Kier alpha value is 0.270. The van der Waals surface area contributed by atoms with E-state index in [0.29, 0.717) is 0 Å². The first-order valence-electron chi connectivity index (χ1n) is 3.34. The average Bonchev–Trinajstić information content (AvgIpc) is 1.89. The molecule has 1 rings (SSSR count). The van der Waals surface area contributed by atoms with Gasteiger partial charge in [0.25, 0.3) is 0 Å². The maximum Gasteiger partial charge on any atom is 0.116 e. The van der Waals surface area contributed by atoms with Crippen LogP contribution in [0.15, 0.2) is 0 Å². The van der Waals surface area contributed by atoms with Crippen molar-refractivity contribution in [3.8, 4) is 0 Å². The van der Waals surface area contributed by atoms with Gasteiger partial charge >= 0.3 is 0 Å². The zero-order valence-corrected chi connectivity index (χ0v) is 6.52. The van der Waals surface area contributed by atoms with Crippen LogP contribution >= 0.6 is 11.8 Å². The van der Waals surface area contributed by atoms with Gasteiger partial charge in [-0.05, 0) is 6.54 Å². The fourth-order valence-corrected chi connectivity index (χ4v) is 1.95. The van der Waals surface area contributed by atoms with Crippen molar-refractivity contribution in [2.75, 3.05) is 24.6 Å². The molecule has 1 aliphatic rings. The van der Waals surface area contributed by atoms with Gasteiger partial charge in [0, 0.05) is 18.1 Å². The van der Waals surface area contributed by atoms with E-state index in [1.165, 1.54) is 5.75 Å². The third kappa shape index (κ3) is 1.85. The molecule has 3 heteroatoms. The van der Waals surface area contributed by atoms with Crippen LogP contribution in [0.25, 0.3) is 0 Å². The average molecular weight is 147 g/mol. The summed E-state index contributed by atoms with van der Waals surface area (Å²) < 4.78 is 0. The third-order valence-electron chi connectivity index (χ3n) is 1.62. The van der Waals surface area contributed by atoms with E-state index in [1.54, 1.807) is 0 Å². The van der Waals surface area contributed by atoms with Crippen molar-refractivity contribution in [3.63, 3.8) is 0 Å². The molecule has 0 spiro atoms. The van der Waals surface area contributed by atoms with Crippen molar-refractivity contribution in [3.05, 3.63) is 0 Å². The molecule has 1 saturated heterocycles. The van der Waals surface area contributed by atoms with Gasteiger partial charge in [-0.1, -0.05) is 6.92 Å². The van der Waals surface area contributed by atoms with Crippen LogP contribution in [0.3, 0.4) is 0 Å². The quantitative estimate of drug-likeness (QED) is 0.580.